The summed E-state index contributed by atoms with van der Waals surface area (Å²) in [6.07, 6.45) is 3.03. The van der Waals surface area contributed by atoms with Gasteiger partial charge in [-0.3, -0.25) is 9.79 Å². The van der Waals surface area contributed by atoms with E-state index < -0.39 is 0 Å². The second kappa shape index (κ2) is 5.64. The van der Waals surface area contributed by atoms with Crippen molar-refractivity contribution in [2.24, 2.45) is 4.99 Å². The number of aliphatic imine (C=N–C) groups is 1. The summed E-state index contributed by atoms with van der Waals surface area (Å²) in [6.45, 7) is 0.520. The van der Waals surface area contributed by atoms with Crippen molar-refractivity contribution in [1.82, 2.24) is 4.98 Å². The lowest BCUT2D eigenvalue weighted by atomic mass is 10.2. The predicted molar refractivity (Wildman–Crippen MR) is 76.9 cm³/mol. The lowest BCUT2D eigenvalue weighted by Crippen LogP contribution is -2.14. The molecule has 0 saturated carbocycles. The molecular weight excluding hydrogens is 294 g/mol. The van der Waals surface area contributed by atoms with Crippen LogP contribution < -0.4 is 11.3 Å². The first-order valence-electron chi connectivity index (χ1n) is 5.39. The maximum absolute atomic E-state index is 11.6. The zero-order chi connectivity index (χ0) is 13.0. The summed E-state index contributed by atoms with van der Waals surface area (Å²) in [7, 11) is 0. The third-order valence-electron chi connectivity index (χ3n) is 2.46. The summed E-state index contributed by atoms with van der Waals surface area (Å²) in [6, 6.07) is 9.80. The van der Waals surface area contributed by atoms with Gasteiger partial charge in [0.2, 0.25) is 0 Å². The standard InChI is InChI=1S/C13H12BrN3O/c14-11-8-17-13(18)10(12(11)15)7-16-6-9-4-2-1-3-5-9/h1-5,7-8H,6H2,(H3,15,17,18). The number of anilines is 1. The van der Waals surface area contributed by atoms with Crippen LogP contribution in [-0.2, 0) is 6.54 Å². The molecule has 0 unspecified atom stereocenters. The molecule has 0 aliphatic carbocycles. The molecule has 4 nitrogen and oxygen atoms in total. The van der Waals surface area contributed by atoms with Crippen molar-refractivity contribution in [3.8, 4) is 0 Å². The van der Waals surface area contributed by atoms with Crippen molar-refractivity contribution >= 4 is 27.8 Å². The molecular formula is C13H12BrN3O. The van der Waals surface area contributed by atoms with Crippen LogP contribution in [0.25, 0.3) is 0 Å². The molecule has 18 heavy (non-hydrogen) atoms. The molecule has 0 aliphatic heterocycles. The third kappa shape index (κ3) is 2.87. The van der Waals surface area contributed by atoms with Gasteiger partial charge in [-0.1, -0.05) is 30.3 Å². The van der Waals surface area contributed by atoms with Crippen molar-refractivity contribution in [1.29, 1.82) is 0 Å². The lowest BCUT2D eigenvalue weighted by Gasteiger charge is -2.01. The Hall–Kier alpha value is -1.88. The van der Waals surface area contributed by atoms with E-state index in [1.165, 1.54) is 12.4 Å². The number of pyridine rings is 1. The van der Waals surface area contributed by atoms with Gasteiger partial charge in [0, 0.05) is 12.4 Å². The number of benzene rings is 1. The van der Waals surface area contributed by atoms with Crippen LogP contribution in [0.5, 0.6) is 0 Å². The van der Waals surface area contributed by atoms with E-state index in [4.69, 9.17) is 5.73 Å². The highest BCUT2D eigenvalue weighted by Gasteiger charge is 2.05. The van der Waals surface area contributed by atoms with Gasteiger partial charge in [0.15, 0.2) is 0 Å². The van der Waals surface area contributed by atoms with E-state index in [0.29, 0.717) is 22.3 Å². The van der Waals surface area contributed by atoms with Crippen LogP contribution in [0.2, 0.25) is 0 Å². The van der Waals surface area contributed by atoms with Crippen LogP contribution in [0, 0.1) is 0 Å². The first-order chi connectivity index (χ1) is 8.68. The van der Waals surface area contributed by atoms with Crippen molar-refractivity contribution in [2.45, 2.75) is 6.54 Å². The van der Waals surface area contributed by atoms with E-state index in [1.54, 1.807) is 0 Å². The highest BCUT2D eigenvalue weighted by molar-refractivity contribution is 9.10. The number of nitrogen functional groups attached to an aromatic ring is 1. The Bertz CT molecular complexity index is 620. The van der Waals surface area contributed by atoms with Gasteiger partial charge in [-0.05, 0) is 21.5 Å². The van der Waals surface area contributed by atoms with E-state index in [0.717, 1.165) is 5.56 Å². The fraction of sp³-hybridized carbons (Fsp3) is 0.0769. The largest absolute Gasteiger partial charge is 0.397 e. The molecule has 1 aromatic heterocycles. The molecule has 0 atom stereocenters. The normalized spacial score (nSPS) is 10.9. The van der Waals surface area contributed by atoms with Crippen LogP contribution >= 0.6 is 15.9 Å². The van der Waals surface area contributed by atoms with Crippen molar-refractivity contribution in [3.63, 3.8) is 0 Å². The fourth-order valence-electron chi connectivity index (χ4n) is 1.49. The second-order valence-corrected chi connectivity index (χ2v) is 4.60. The number of nitrogens with zero attached hydrogens (tertiary/aromatic N) is 1. The molecule has 92 valence electrons. The molecule has 2 rings (SSSR count). The van der Waals surface area contributed by atoms with Gasteiger partial charge in [-0.2, -0.15) is 0 Å². The number of hydrogen-bond donors (Lipinski definition) is 2. The molecule has 1 heterocycles. The molecule has 0 spiro atoms. The Labute approximate surface area is 113 Å². The predicted octanol–water partition coefficient (Wildman–Crippen LogP) is 2.34. The van der Waals surface area contributed by atoms with Gasteiger partial charge in [0.05, 0.1) is 22.3 Å². The molecule has 3 N–H and O–H groups in total. The number of nitrogens with two attached hydrogens (primary N) is 1. The van der Waals surface area contributed by atoms with E-state index in [1.807, 2.05) is 30.3 Å². The van der Waals surface area contributed by atoms with E-state index >= 15 is 0 Å². The SMILES string of the molecule is Nc1c(Br)c[nH]c(=O)c1C=NCc1ccccc1. The molecule has 5 heteroatoms. The topological polar surface area (TPSA) is 71.2 Å². The summed E-state index contributed by atoms with van der Waals surface area (Å²) in [5.41, 5.74) is 7.42. The van der Waals surface area contributed by atoms with Crippen molar-refractivity contribution < 1.29 is 0 Å². The van der Waals surface area contributed by atoms with Gasteiger partial charge in [-0.15, -0.1) is 0 Å². The van der Waals surface area contributed by atoms with E-state index in [2.05, 4.69) is 25.9 Å². The Morgan fingerprint density at radius 2 is 2.06 bits per heavy atom. The number of aromatic amines is 1. The summed E-state index contributed by atoms with van der Waals surface area (Å²) in [5.74, 6) is 0. The molecule has 0 saturated heterocycles. The van der Waals surface area contributed by atoms with Gasteiger partial charge < -0.3 is 10.7 Å². The molecule has 0 bridgehead atoms. The summed E-state index contributed by atoms with van der Waals surface area (Å²) in [4.78, 5) is 18.4. The minimum atomic E-state index is -0.243. The van der Waals surface area contributed by atoms with Crippen LogP contribution in [0.4, 0.5) is 5.69 Å². The number of aromatic nitrogens is 1. The smallest absolute Gasteiger partial charge is 0.258 e. The summed E-state index contributed by atoms with van der Waals surface area (Å²) < 4.78 is 0.656. The van der Waals surface area contributed by atoms with Gasteiger partial charge in [0.1, 0.15) is 0 Å². The van der Waals surface area contributed by atoms with Crippen LogP contribution in [0.1, 0.15) is 11.1 Å². The number of rotatable bonds is 3. The Balaban J connectivity index is 2.20. The van der Waals surface area contributed by atoms with Crippen molar-refractivity contribution in [2.75, 3.05) is 5.73 Å². The highest BCUT2D eigenvalue weighted by Crippen LogP contribution is 2.17. The highest BCUT2D eigenvalue weighted by atomic mass is 79.9. The zero-order valence-corrected chi connectivity index (χ0v) is 11.1. The third-order valence-corrected chi connectivity index (χ3v) is 3.12. The van der Waals surface area contributed by atoms with Crippen molar-refractivity contribution in [3.05, 3.63) is 62.5 Å². The molecule has 2 aromatic rings. The molecule has 0 fully saturated rings. The maximum Gasteiger partial charge on any atom is 0.258 e. The number of nitrogens with one attached hydrogen (secondary N) is 1. The van der Waals surface area contributed by atoms with Gasteiger partial charge >= 0.3 is 0 Å². The first kappa shape index (κ1) is 12.6. The van der Waals surface area contributed by atoms with Crippen LogP contribution in [0.3, 0.4) is 0 Å². The number of hydrogen-bond acceptors (Lipinski definition) is 3. The first-order valence-corrected chi connectivity index (χ1v) is 6.18. The number of H-pyrrole nitrogens is 1. The maximum atomic E-state index is 11.6. The Morgan fingerprint density at radius 3 is 2.78 bits per heavy atom. The molecule has 0 amide bonds. The zero-order valence-electron chi connectivity index (χ0n) is 9.56. The van der Waals surface area contributed by atoms with Gasteiger partial charge in [0.25, 0.3) is 5.56 Å². The average molecular weight is 306 g/mol. The second-order valence-electron chi connectivity index (χ2n) is 3.75. The van der Waals surface area contributed by atoms with Gasteiger partial charge in [-0.25, -0.2) is 0 Å². The quantitative estimate of drug-likeness (QED) is 0.854. The average Bonchev–Trinajstić information content (AvgIpc) is 2.39. The monoisotopic (exact) mass is 305 g/mol. The van der Waals surface area contributed by atoms with E-state index in [-0.39, 0.29) is 5.56 Å². The Morgan fingerprint density at radius 1 is 1.33 bits per heavy atom. The molecule has 1 aromatic carbocycles. The summed E-state index contributed by atoms with van der Waals surface area (Å²) in [5, 5.41) is 0. The molecule has 0 radical (unpaired) electrons. The lowest BCUT2D eigenvalue weighted by molar-refractivity contribution is 1.07. The fourth-order valence-corrected chi connectivity index (χ4v) is 1.82. The van der Waals surface area contributed by atoms with Crippen LogP contribution in [0.15, 0.2) is 50.8 Å². The molecule has 0 aliphatic rings. The van der Waals surface area contributed by atoms with E-state index in [9.17, 15) is 4.79 Å². The van der Waals surface area contributed by atoms with Crippen LogP contribution in [-0.4, -0.2) is 11.2 Å². The number of halogens is 1. The minimum Gasteiger partial charge on any atom is -0.397 e. The summed E-state index contributed by atoms with van der Waals surface area (Å²) >= 11 is 3.26. The Kier molecular flexibility index (Phi) is 3.94. The minimum absolute atomic E-state index is 0.243.